The monoisotopic (exact) mass is 462 g/mol. The number of halogens is 1. The lowest BCUT2D eigenvalue weighted by Crippen LogP contribution is -2.22. The minimum atomic E-state index is -0.608. The number of nitrogens with zero attached hydrogens (tertiary/aromatic N) is 2. The van der Waals surface area contributed by atoms with E-state index < -0.39 is 11.9 Å². The van der Waals surface area contributed by atoms with Crippen LogP contribution in [0.25, 0.3) is 5.65 Å². The molecule has 0 amide bonds. The number of hydrogen-bond acceptors (Lipinski definition) is 5. The zero-order valence-corrected chi connectivity index (χ0v) is 17.2. The summed E-state index contributed by atoms with van der Waals surface area (Å²) in [5, 5.41) is 0. The fraction of sp³-hybridized carbons (Fsp3) is 0.0870. The number of aromatic nitrogens is 2. The maximum Gasteiger partial charge on any atom is 0.318 e. The Morgan fingerprint density at radius 1 is 1.03 bits per heavy atom. The molecule has 6 nitrogen and oxygen atoms in total. The first-order valence-corrected chi connectivity index (χ1v) is 10.1. The van der Waals surface area contributed by atoms with E-state index in [1.165, 1.54) is 10.5 Å². The predicted molar refractivity (Wildman–Crippen MR) is 114 cm³/mol. The molecule has 0 saturated carbocycles. The molecule has 0 spiro atoms. The third-order valence-corrected chi connectivity index (χ3v) is 5.42. The maximum absolute atomic E-state index is 13.1. The number of ether oxygens (including phenoxy) is 2. The highest BCUT2D eigenvalue weighted by Gasteiger charge is 2.33. The summed E-state index contributed by atoms with van der Waals surface area (Å²) in [5.74, 6) is 0.233. The van der Waals surface area contributed by atoms with Gasteiger partial charge in [0.25, 0.3) is 5.56 Å². The Hall–Kier alpha value is -3.45. The topological polar surface area (TPSA) is 69.9 Å². The van der Waals surface area contributed by atoms with Crippen LogP contribution in [0.3, 0.4) is 0 Å². The number of fused-ring (bicyclic) bond motifs is 3. The molecular weight excluding hydrogens is 448 g/mol. The molecule has 148 valence electrons. The van der Waals surface area contributed by atoms with Crippen molar-refractivity contribution < 1.29 is 14.3 Å². The third-order valence-electron chi connectivity index (χ3n) is 4.95. The summed E-state index contributed by atoms with van der Waals surface area (Å²) in [4.78, 5) is 29.9. The van der Waals surface area contributed by atoms with Crippen molar-refractivity contribution in [3.8, 4) is 11.5 Å². The molecule has 7 heteroatoms. The van der Waals surface area contributed by atoms with Crippen LogP contribution in [0.2, 0.25) is 0 Å². The molecule has 3 heterocycles. The first-order valence-electron chi connectivity index (χ1n) is 9.30. The zero-order valence-electron chi connectivity index (χ0n) is 15.6. The van der Waals surface area contributed by atoms with Gasteiger partial charge in [0.1, 0.15) is 29.7 Å². The Morgan fingerprint density at radius 2 is 1.70 bits per heavy atom. The highest BCUT2D eigenvalue weighted by atomic mass is 79.9. The quantitative estimate of drug-likeness (QED) is 0.421. The molecule has 0 saturated heterocycles. The van der Waals surface area contributed by atoms with Crippen LogP contribution >= 0.6 is 15.9 Å². The van der Waals surface area contributed by atoms with Gasteiger partial charge in [-0.05, 0) is 40.2 Å². The number of esters is 1. The lowest BCUT2D eigenvalue weighted by atomic mass is 9.88. The first kappa shape index (κ1) is 18.6. The average Bonchev–Trinajstić information content (AvgIpc) is 2.76. The normalized spacial score (nSPS) is 12.7. The summed E-state index contributed by atoms with van der Waals surface area (Å²) in [5.41, 5.74) is 2.13. The van der Waals surface area contributed by atoms with Crippen LogP contribution < -0.4 is 10.3 Å². The van der Waals surface area contributed by atoms with Gasteiger partial charge in [0, 0.05) is 27.9 Å². The molecule has 0 atom stereocenters. The first-order chi connectivity index (χ1) is 14.6. The van der Waals surface area contributed by atoms with Gasteiger partial charge in [-0.25, -0.2) is 4.98 Å². The van der Waals surface area contributed by atoms with Gasteiger partial charge in [0.15, 0.2) is 0 Å². The average molecular weight is 463 g/mol. The molecule has 2 aromatic heterocycles. The second-order valence-corrected chi connectivity index (χ2v) is 7.80. The minimum Gasteiger partial charge on any atom is -0.458 e. The van der Waals surface area contributed by atoms with Crippen LogP contribution in [-0.2, 0) is 16.1 Å². The molecule has 0 unspecified atom stereocenters. The van der Waals surface area contributed by atoms with Crippen LogP contribution in [0, 0.1) is 0 Å². The molecular formula is C23H15BrN2O4. The summed E-state index contributed by atoms with van der Waals surface area (Å²) in [7, 11) is 0. The van der Waals surface area contributed by atoms with Crippen LogP contribution in [-0.4, -0.2) is 15.4 Å². The van der Waals surface area contributed by atoms with Gasteiger partial charge in [-0.1, -0.05) is 36.4 Å². The number of para-hydroxylation sites is 2. The molecule has 0 aliphatic carbocycles. The summed E-state index contributed by atoms with van der Waals surface area (Å²) < 4.78 is 13.7. The van der Waals surface area contributed by atoms with E-state index in [1.54, 1.807) is 18.3 Å². The lowest BCUT2D eigenvalue weighted by molar-refractivity contribution is -0.146. The Kier molecular flexibility index (Phi) is 4.59. The molecule has 1 aliphatic heterocycles. The molecule has 5 rings (SSSR count). The molecule has 1 aliphatic rings. The van der Waals surface area contributed by atoms with Crippen molar-refractivity contribution in [1.29, 1.82) is 0 Å². The van der Waals surface area contributed by atoms with Crippen molar-refractivity contribution in [1.82, 2.24) is 9.38 Å². The van der Waals surface area contributed by atoms with E-state index in [0.29, 0.717) is 22.8 Å². The van der Waals surface area contributed by atoms with Crippen molar-refractivity contribution in [2.75, 3.05) is 0 Å². The zero-order chi connectivity index (χ0) is 20.7. The Labute approximate surface area is 179 Å². The Morgan fingerprint density at radius 3 is 2.40 bits per heavy atom. The highest BCUT2D eigenvalue weighted by Crippen LogP contribution is 2.44. The van der Waals surface area contributed by atoms with Crippen LogP contribution in [0.1, 0.15) is 22.7 Å². The van der Waals surface area contributed by atoms with E-state index in [9.17, 15) is 9.59 Å². The third kappa shape index (κ3) is 3.27. The predicted octanol–water partition coefficient (Wildman–Crippen LogP) is 4.44. The number of pyridine rings is 1. The van der Waals surface area contributed by atoms with Gasteiger partial charge < -0.3 is 9.47 Å². The largest absolute Gasteiger partial charge is 0.458 e. The van der Waals surface area contributed by atoms with Gasteiger partial charge in [-0.2, -0.15) is 0 Å². The second-order valence-electron chi connectivity index (χ2n) is 6.88. The summed E-state index contributed by atoms with van der Waals surface area (Å²) >= 11 is 3.34. The number of rotatable bonds is 3. The van der Waals surface area contributed by atoms with Gasteiger partial charge in [0.2, 0.25) is 0 Å². The van der Waals surface area contributed by atoms with E-state index in [1.807, 2.05) is 48.5 Å². The fourth-order valence-electron chi connectivity index (χ4n) is 3.59. The molecule has 0 N–H and O–H groups in total. The fourth-order valence-corrected chi connectivity index (χ4v) is 3.93. The number of hydrogen-bond donors (Lipinski definition) is 0. The van der Waals surface area contributed by atoms with Crippen molar-refractivity contribution >= 4 is 27.5 Å². The van der Waals surface area contributed by atoms with E-state index >= 15 is 0 Å². The van der Waals surface area contributed by atoms with Crippen molar-refractivity contribution in [3.05, 3.63) is 105 Å². The molecule has 2 aromatic carbocycles. The lowest BCUT2D eigenvalue weighted by Gasteiger charge is -2.26. The smallest absolute Gasteiger partial charge is 0.318 e. The molecule has 0 radical (unpaired) electrons. The number of benzene rings is 2. The molecule has 4 aromatic rings. The highest BCUT2D eigenvalue weighted by molar-refractivity contribution is 9.10. The number of carbonyl (C=O) groups excluding carboxylic acids is 1. The SMILES string of the molecule is O=C(OCc1cc(=O)n2cc(Br)ccc2n1)C1c2ccccc2Oc2ccccc21. The van der Waals surface area contributed by atoms with Gasteiger partial charge in [-0.3, -0.25) is 14.0 Å². The van der Waals surface area contributed by atoms with Gasteiger partial charge >= 0.3 is 5.97 Å². The maximum atomic E-state index is 13.1. The van der Waals surface area contributed by atoms with Crippen LogP contribution in [0.5, 0.6) is 11.5 Å². The summed E-state index contributed by atoms with van der Waals surface area (Å²) in [6.07, 6.45) is 1.65. The molecule has 0 bridgehead atoms. The van der Waals surface area contributed by atoms with Crippen LogP contribution in [0.15, 0.2) is 82.2 Å². The van der Waals surface area contributed by atoms with E-state index in [2.05, 4.69) is 20.9 Å². The van der Waals surface area contributed by atoms with E-state index in [-0.39, 0.29) is 12.2 Å². The summed E-state index contributed by atoms with van der Waals surface area (Å²) in [6.45, 7) is -0.0949. The standard InChI is InChI=1S/C23H15BrN2O4/c24-14-9-10-20-25-15(11-21(27)26(20)12-14)13-29-23(28)22-16-5-1-3-7-18(16)30-19-8-4-2-6-17(19)22/h1-12,22H,13H2. The second kappa shape index (κ2) is 7.42. The minimum absolute atomic E-state index is 0.0949. The Bertz CT molecular complexity index is 1300. The Balaban J connectivity index is 1.45. The van der Waals surface area contributed by atoms with Crippen LogP contribution in [0.4, 0.5) is 0 Å². The van der Waals surface area contributed by atoms with E-state index in [4.69, 9.17) is 9.47 Å². The van der Waals surface area contributed by atoms with E-state index in [0.717, 1.165) is 15.6 Å². The molecule has 30 heavy (non-hydrogen) atoms. The molecule has 0 fully saturated rings. The summed E-state index contributed by atoms with van der Waals surface area (Å²) in [6, 6.07) is 19.7. The van der Waals surface area contributed by atoms with Crippen molar-refractivity contribution in [3.63, 3.8) is 0 Å². The number of carbonyl (C=O) groups is 1. The van der Waals surface area contributed by atoms with Gasteiger partial charge in [-0.15, -0.1) is 0 Å². The van der Waals surface area contributed by atoms with Gasteiger partial charge in [0.05, 0.1) is 5.69 Å². The van der Waals surface area contributed by atoms with Crippen molar-refractivity contribution in [2.45, 2.75) is 12.5 Å². The van der Waals surface area contributed by atoms with Crippen molar-refractivity contribution in [2.24, 2.45) is 0 Å².